The van der Waals surface area contributed by atoms with E-state index in [9.17, 15) is 8.42 Å². The fraction of sp³-hybridized carbons (Fsp3) is 0.333. The number of hydrogen-bond donors (Lipinski definition) is 1. The highest BCUT2D eigenvalue weighted by atomic mass is 32.2. The van der Waals surface area contributed by atoms with Crippen LogP contribution in [0.25, 0.3) is 11.1 Å². The second kappa shape index (κ2) is 6.28. The van der Waals surface area contributed by atoms with Crippen molar-refractivity contribution in [3.63, 3.8) is 0 Å². The Kier molecular flexibility index (Phi) is 5.01. The van der Waals surface area contributed by atoms with Gasteiger partial charge in [0, 0.05) is 5.56 Å². The van der Waals surface area contributed by atoms with E-state index >= 15 is 0 Å². The standard InChI is InChI=1S/C7H6O.C5H8O4S/c1-8-7-4-5-2-3-6(5)7;1-2-9-4-3-5-10(6,7)8/h2-4H,1H3;1H,3-5H2,(H,6,7,8). The summed E-state index contributed by atoms with van der Waals surface area (Å²) in [7, 11) is -2.16. The smallest absolute Gasteiger partial charge is 0.264 e. The Labute approximate surface area is 106 Å². The first kappa shape index (κ1) is 14.4. The molecular weight excluding hydrogens is 256 g/mol. The van der Waals surface area contributed by atoms with E-state index in [-0.39, 0.29) is 18.8 Å². The topological polar surface area (TPSA) is 72.8 Å². The predicted molar refractivity (Wildman–Crippen MR) is 67.8 cm³/mol. The van der Waals surface area contributed by atoms with Crippen LogP contribution in [0.4, 0.5) is 0 Å². The molecule has 0 aromatic heterocycles. The first-order valence-electron chi connectivity index (χ1n) is 5.19. The number of methoxy groups -OCH3 is 1. The van der Waals surface area contributed by atoms with Crippen LogP contribution >= 0.6 is 0 Å². The van der Waals surface area contributed by atoms with Crippen LogP contribution in [-0.4, -0.2) is 32.4 Å². The third kappa shape index (κ3) is 4.28. The van der Waals surface area contributed by atoms with Gasteiger partial charge in [0.15, 0.2) is 0 Å². The Balaban J connectivity index is 0.000000182. The summed E-state index contributed by atoms with van der Waals surface area (Å²) in [5, 5.41) is 0. The van der Waals surface area contributed by atoms with Crippen molar-refractivity contribution >= 4 is 10.1 Å². The lowest BCUT2D eigenvalue weighted by Crippen LogP contribution is -2.05. The maximum Gasteiger partial charge on any atom is 0.264 e. The van der Waals surface area contributed by atoms with Gasteiger partial charge in [0.05, 0.1) is 12.9 Å². The van der Waals surface area contributed by atoms with Gasteiger partial charge in [0.25, 0.3) is 10.1 Å². The van der Waals surface area contributed by atoms with E-state index in [2.05, 4.69) is 16.9 Å². The Morgan fingerprint density at radius 1 is 1.44 bits per heavy atom. The molecule has 0 fully saturated rings. The monoisotopic (exact) mass is 270 g/mol. The molecule has 0 saturated carbocycles. The molecule has 0 spiro atoms. The van der Waals surface area contributed by atoms with Crippen molar-refractivity contribution in [2.24, 2.45) is 0 Å². The molecule has 0 radical (unpaired) electrons. The van der Waals surface area contributed by atoms with E-state index in [1.54, 1.807) is 7.11 Å². The van der Waals surface area contributed by atoms with E-state index in [1.807, 2.05) is 12.2 Å². The summed E-state index contributed by atoms with van der Waals surface area (Å²) < 4.78 is 37.6. The fourth-order valence-corrected chi connectivity index (χ4v) is 1.78. The molecule has 2 aliphatic carbocycles. The van der Waals surface area contributed by atoms with Crippen molar-refractivity contribution in [3.8, 4) is 29.4 Å². The highest BCUT2D eigenvalue weighted by Gasteiger charge is 2.15. The molecule has 1 N–H and O–H groups in total. The second-order valence-electron chi connectivity index (χ2n) is 3.52. The molecule has 0 unspecified atom stereocenters. The lowest BCUT2D eigenvalue weighted by molar-refractivity contribution is 0.277. The molecule has 5 nitrogen and oxygen atoms in total. The van der Waals surface area contributed by atoms with Crippen LogP contribution in [0.1, 0.15) is 6.42 Å². The maximum atomic E-state index is 10.0. The number of terminal acetylenes is 1. The van der Waals surface area contributed by atoms with Crippen molar-refractivity contribution in [3.05, 3.63) is 18.2 Å². The average molecular weight is 270 g/mol. The first-order chi connectivity index (χ1) is 8.48. The molecule has 0 aliphatic heterocycles. The Morgan fingerprint density at radius 3 is 2.44 bits per heavy atom. The van der Waals surface area contributed by atoms with Crippen LogP contribution in [0.15, 0.2) is 18.2 Å². The number of rotatable bonds is 5. The summed E-state index contributed by atoms with van der Waals surface area (Å²) in [6, 6.07) is 6.18. The van der Waals surface area contributed by atoms with Crippen molar-refractivity contribution in [2.45, 2.75) is 6.42 Å². The molecule has 98 valence electrons. The molecule has 6 heteroatoms. The normalized spacial score (nSPS) is 10.7. The molecule has 0 heterocycles. The van der Waals surface area contributed by atoms with Crippen molar-refractivity contribution in [2.75, 3.05) is 19.5 Å². The summed E-state index contributed by atoms with van der Waals surface area (Å²) in [4.78, 5) is 0. The maximum absolute atomic E-state index is 10.0. The van der Waals surface area contributed by atoms with Crippen molar-refractivity contribution < 1.29 is 22.4 Å². The van der Waals surface area contributed by atoms with Gasteiger partial charge in [-0.25, -0.2) is 0 Å². The largest absolute Gasteiger partial charge is 0.496 e. The molecule has 0 atom stereocenters. The third-order valence-corrected chi connectivity index (χ3v) is 3.05. The Hall–Kier alpha value is -1.71. The van der Waals surface area contributed by atoms with Gasteiger partial charge in [-0.15, -0.1) is 0 Å². The van der Waals surface area contributed by atoms with Crippen LogP contribution < -0.4 is 4.74 Å². The van der Waals surface area contributed by atoms with Gasteiger partial charge in [0.1, 0.15) is 18.5 Å². The zero-order chi connectivity index (χ0) is 13.6. The lowest BCUT2D eigenvalue weighted by Gasteiger charge is -2.18. The molecular formula is C12H14O5S. The minimum Gasteiger partial charge on any atom is -0.496 e. The summed E-state index contributed by atoms with van der Waals surface area (Å²) in [6.45, 7) is 0.149. The van der Waals surface area contributed by atoms with Crippen molar-refractivity contribution in [1.29, 1.82) is 0 Å². The Bertz CT molecular complexity index is 542. The number of fused-ring (bicyclic) bond motifs is 1. The molecule has 0 bridgehead atoms. The summed E-state index contributed by atoms with van der Waals surface area (Å²) in [5.74, 6) is 0.719. The number of ether oxygens (including phenoxy) is 2. The van der Waals surface area contributed by atoms with E-state index in [0.717, 1.165) is 5.75 Å². The summed E-state index contributed by atoms with van der Waals surface area (Å²) >= 11 is 0. The SMILES string of the molecule is C#COCCCS(=O)(=O)O.COc1cc2ccc1-2. The molecule has 0 aromatic carbocycles. The van der Waals surface area contributed by atoms with Gasteiger partial charge in [-0.05, 0) is 18.1 Å². The molecule has 0 amide bonds. The van der Waals surface area contributed by atoms with E-state index in [0.29, 0.717) is 0 Å². The van der Waals surface area contributed by atoms with E-state index in [1.165, 1.54) is 11.1 Å². The van der Waals surface area contributed by atoms with E-state index < -0.39 is 10.1 Å². The number of hydrogen-bond acceptors (Lipinski definition) is 4. The molecule has 0 aromatic rings. The van der Waals surface area contributed by atoms with Crippen LogP contribution in [0.5, 0.6) is 5.75 Å². The van der Waals surface area contributed by atoms with Crippen LogP contribution in [-0.2, 0) is 14.9 Å². The average Bonchev–Trinajstić information content (AvgIpc) is 2.28. The van der Waals surface area contributed by atoms with Crippen LogP contribution in [0.3, 0.4) is 0 Å². The fourth-order valence-electron chi connectivity index (χ4n) is 1.30. The summed E-state index contributed by atoms with van der Waals surface area (Å²) in [5.41, 5.74) is 2.62. The minimum absolute atomic E-state index is 0.149. The van der Waals surface area contributed by atoms with Crippen molar-refractivity contribution in [1.82, 2.24) is 0 Å². The van der Waals surface area contributed by atoms with Gasteiger partial charge >= 0.3 is 0 Å². The third-order valence-electron chi connectivity index (χ3n) is 2.24. The van der Waals surface area contributed by atoms with Crippen LogP contribution in [0, 0.1) is 12.5 Å². The van der Waals surface area contributed by atoms with Crippen LogP contribution in [0.2, 0.25) is 0 Å². The Morgan fingerprint density at radius 2 is 2.17 bits per heavy atom. The predicted octanol–water partition coefficient (Wildman–Crippen LogP) is 1.55. The summed E-state index contributed by atoms with van der Waals surface area (Å²) in [6.07, 6.45) is 6.78. The molecule has 2 rings (SSSR count). The molecule has 2 aliphatic rings. The van der Waals surface area contributed by atoms with Gasteiger partial charge < -0.3 is 9.47 Å². The van der Waals surface area contributed by atoms with Gasteiger partial charge in [-0.1, -0.05) is 18.6 Å². The first-order valence-corrected chi connectivity index (χ1v) is 6.80. The van der Waals surface area contributed by atoms with Gasteiger partial charge in [0.2, 0.25) is 0 Å². The van der Waals surface area contributed by atoms with Gasteiger partial charge in [-0.3, -0.25) is 4.55 Å². The van der Waals surface area contributed by atoms with Gasteiger partial charge in [-0.2, -0.15) is 8.42 Å². The van der Waals surface area contributed by atoms with E-state index in [4.69, 9.17) is 15.7 Å². The quantitative estimate of drug-likeness (QED) is 0.507. The second-order valence-corrected chi connectivity index (χ2v) is 5.09. The zero-order valence-corrected chi connectivity index (χ0v) is 10.7. The number of benzene rings is 1. The zero-order valence-electron chi connectivity index (χ0n) is 9.92. The lowest BCUT2D eigenvalue weighted by atomic mass is 9.92. The molecule has 18 heavy (non-hydrogen) atoms. The minimum atomic E-state index is -3.85. The molecule has 0 saturated heterocycles. The highest BCUT2D eigenvalue weighted by Crippen LogP contribution is 2.42. The highest BCUT2D eigenvalue weighted by molar-refractivity contribution is 7.85.